The van der Waals surface area contributed by atoms with Crippen LogP contribution in [0.1, 0.15) is 16.3 Å². The third kappa shape index (κ3) is 4.81. The van der Waals surface area contributed by atoms with Gasteiger partial charge in [0, 0.05) is 37.8 Å². The second-order valence-corrected chi connectivity index (χ2v) is 7.49. The number of hydrogen-bond acceptors (Lipinski definition) is 5. The summed E-state index contributed by atoms with van der Waals surface area (Å²) in [6.07, 6.45) is -3.71. The quantitative estimate of drug-likeness (QED) is 0.826. The zero-order valence-corrected chi connectivity index (χ0v) is 16.0. The molecule has 3 heterocycles. The Morgan fingerprint density at radius 2 is 2.04 bits per heavy atom. The highest BCUT2D eigenvalue weighted by Crippen LogP contribution is 2.33. The fourth-order valence-electron chi connectivity index (χ4n) is 2.71. The van der Waals surface area contributed by atoms with Crippen LogP contribution in [0.15, 0.2) is 17.6 Å². The molecule has 0 radical (unpaired) electrons. The molecule has 27 heavy (non-hydrogen) atoms. The molecule has 0 bridgehead atoms. The molecule has 1 aliphatic heterocycles. The number of halogens is 4. The fourth-order valence-corrected chi connectivity index (χ4v) is 3.61. The Hall–Kier alpha value is -2.07. The monoisotopic (exact) mass is 419 g/mol. The maximum Gasteiger partial charge on any atom is 0.417 e. The van der Waals surface area contributed by atoms with Gasteiger partial charge in [-0.05, 0) is 13.0 Å². The SMILES string of the molecule is Cc1nc(CNC(=O)N2CCN(c3ncc(C(F)(F)F)cc3Cl)CC2)cs1. The summed E-state index contributed by atoms with van der Waals surface area (Å²) in [5.74, 6) is 0.294. The maximum absolute atomic E-state index is 12.7. The lowest BCUT2D eigenvalue weighted by atomic mass is 10.2. The van der Waals surface area contributed by atoms with E-state index < -0.39 is 11.7 Å². The summed E-state index contributed by atoms with van der Waals surface area (Å²) < 4.78 is 38.1. The average molecular weight is 420 g/mol. The number of carbonyl (C=O) groups is 1. The molecular weight excluding hydrogens is 403 g/mol. The van der Waals surface area contributed by atoms with E-state index in [4.69, 9.17) is 11.6 Å². The summed E-state index contributed by atoms with van der Waals surface area (Å²) in [5.41, 5.74) is -0.0724. The van der Waals surface area contributed by atoms with Gasteiger partial charge in [0.25, 0.3) is 0 Å². The van der Waals surface area contributed by atoms with Crippen molar-refractivity contribution in [2.75, 3.05) is 31.1 Å². The number of anilines is 1. The first kappa shape index (κ1) is 19.7. The standard InChI is InChI=1S/C16H17ClF3N5OS/c1-10-23-12(9-27-10)8-22-15(26)25-4-2-24(3-5-25)14-13(17)6-11(7-21-14)16(18,19)20/h6-7,9H,2-5,8H2,1H3,(H,22,26). The number of nitrogens with one attached hydrogen (secondary N) is 1. The van der Waals surface area contributed by atoms with E-state index in [1.54, 1.807) is 9.80 Å². The number of pyridine rings is 1. The van der Waals surface area contributed by atoms with Gasteiger partial charge in [-0.2, -0.15) is 13.2 Å². The highest BCUT2D eigenvalue weighted by Gasteiger charge is 2.32. The van der Waals surface area contributed by atoms with Crippen molar-refractivity contribution in [1.29, 1.82) is 0 Å². The molecular formula is C16H17ClF3N5OS. The third-order valence-electron chi connectivity index (χ3n) is 4.10. The molecule has 146 valence electrons. The molecule has 2 aromatic heterocycles. The third-order valence-corrected chi connectivity index (χ3v) is 5.20. The van der Waals surface area contributed by atoms with Gasteiger partial charge in [-0.1, -0.05) is 11.6 Å². The smallest absolute Gasteiger partial charge is 0.352 e. The van der Waals surface area contributed by atoms with Gasteiger partial charge in [-0.15, -0.1) is 11.3 Å². The minimum Gasteiger partial charge on any atom is -0.352 e. The molecule has 2 aromatic rings. The Balaban J connectivity index is 1.54. The van der Waals surface area contributed by atoms with Gasteiger partial charge in [-0.3, -0.25) is 0 Å². The molecule has 0 aromatic carbocycles. The number of thiazole rings is 1. The first-order valence-corrected chi connectivity index (χ1v) is 9.41. The van der Waals surface area contributed by atoms with Crippen LogP contribution in [-0.2, 0) is 12.7 Å². The second-order valence-electron chi connectivity index (χ2n) is 6.02. The molecule has 2 amide bonds. The summed E-state index contributed by atoms with van der Waals surface area (Å²) in [6, 6.07) is 0.672. The van der Waals surface area contributed by atoms with Crippen molar-refractivity contribution in [3.8, 4) is 0 Å². The van der Waals surface area contributed by atoms with E-state index in [9.17, 15) is 18.0 Å². The molecule has 0 saturated carbocycles. The van der Waals surface area contributed by atoms with Crippen LogP contribution >= 0.6 is 22.9 Å². The number of hydrogen-bond donors (Lipinski definition) is 1. The predicted molar refractivity (Wildman–Crippen MR) is 97.1 cm³/mol. The van der Waals surface area contributed by atoms with Crippen molar-refractivity contribution in [3.63, 3.8) is 0 Å². The summed E-state index contributed by atoms with van der Waals surface area (Å²) in [5, 5.41) is 5.60. The second kappa shape index (κ2) is 7.89. The lowest BCUT2D eigenvalue weighted by Crippen LogP contribution is -2.52. The minimum absolute atomic E-state index is 0.0540. The first-order valence-electron chi connectivity index (χ1n) is 8.15. The van der Waals surface area contributed by atoms with Gasteiger partial charge in [0.1, 0.15) is 5.82 Å². The van der Waals surface area contributed by atoms with Gasteiger partial charge in [0.2, 0.25) is 0 Å². The molecule has 11 heteroatoms. The summed E-state index contributed by atoms with van der Waals surface area (Å²) in [4.78, 5) is 23.8. The topological polar surface area (TPSA) is 61.4 Å². The van der Waals surface area contributed by atoms with Gasteiger partial charge in [-0.25, -0.2) is 14.8 Å². The molecule has 6 nitrogen and oxygen atoms in total. The number of nitrogens with zero attached hydrogens (tertiary/aromatic N) is 4. The van der Waals surface area contributed by atoms with Gasteiger partial charge in [0.05, 0.1) is 27.8 Å². The first-order chi connectivity index (χ1) is 12.7. The lowest BCUT2D eigenvalue weighted by molar-refractivity contribution is -0.137. The molecule has 3 rings (SSSR count). The van der Waals surface area contributed by atoms with Crippen molar-refractivity contribution >= 4 is 34.8 Å². The summed E-state index contributed by atoms with van der Waals surface area (Å²) in [7, 11) is 0. The number of carbonyl (C=O) groups excluding carboxylic acids is 1. The van der Waals surface area contributed by atoms with Crippen molar-refractivity contribution in [3.05, 3.63) is 38.9 Å². The predicted octanol–water partition coefficient (Wildman–Crippen LogP) is 3.55. The molecule has 1 fully saturated rings. The fraction of sp³-hybridized carbons (Fsp3) is 0.438. The highest BCUT2D eigenvalue weighted by molar-refractivity contribution is 7.09. The maximum atomic E-state index is 12.7. The molecule has 1 aliphatic rings. The number of alkyl halides is 3. The van der Waals surface area contributed by atoms with Crippen LogP contribution in [0.2, 0.25) is 5.02 Å². The number of piperazine rings is 1. The average Bonchev–Trinajstić information content (AvgIpc) is 3.04. The Labute approximate surface area is 163 Å². The van der Waals surface area contributed by atoms with E-state index in [-0.39, 0.29) is 11.1 Å². The van der Waals surface area contributed by atoms with E-state index >= 15 is 0 Å². The number of rotatable bonds is 3. The largest absolute Gasteiger partial charge is 0.417 e. The van der Waals surface area contributed by atoms with Gasteiger partial charge >= 0.3 is 12.2 Å². The normalized spacial score (nSPS) is 15.1. The van der Waals surface area contributed by atoms with Crippen LogP contribution in [0.5, 0.6) is 0 Å². The molecule has 1 N–H and O–H groups in total. The van der Waals surface area contributed by atoms with E-state index in [1.807, 2.05) is 12.3 Å². The van der Waals surface area contributed by atoms with Crippen molar-refractivity contribution in [2.24, 2.45) is 0 Å². The van der Waals surface area contributed by atoms with Crippen LogP contribution in [-0.4, -0.2) is 47.1 Å². The van der Waals surface area contributed by atoms with Crippen LogP contribution in [0.3, 0.4) is 0 Å². The molecule has 0 spiro atoms. The lowest BCUT2D eigenvalue weighted by Gasteiger charge is -2.35. The Morgan fingerprint density at radius 3 is 2.59 bits per heavy atom. The highest BCUT2D eigenvalue weighted by atomic mass is 35.5. The minimum atomic E-state index is -4.48. The van der Waals surface area contributed by atoms with Crippen LogP contribution in [0, 0.1) is 6.92 Å². The Bertz CT molecular complexity index is 821. The number of aromatic nitrogens is 2. The molecule has 0 atom stereocenters. The number of amides is 2. The summed E-state index contributed by atoms with van der Waals surface area (Å²) >= 11 is 7.51. The molecule has 0 aliphatic carbocycles. The van der Waals surface area contributed by atoms with E-state index in [0.717, 1.165) is 23.0 Å². The van der Waals surface area contributed by atoms with Crippen LogP contribution < -0.4 is 10.2 Å². The van der Waals surface area contributed by atoms with Crippen LogP contribution in [0.4, 0.5) is 23.8 Å². The summed E-state index contributed by atoms with van der Waals surface area (Å²) in [6.45, 7) is 3.95. The van der Waals surface area contributed by atoms with Crippen LogP contribution in [0.25, 0.3) is 0 Å². The number of urea groups is 1. The van der Waals surface area contributed by atoms with Crippen molar-refractivity contribution < 1.29 is 18.0 Å². The zero-order chi connectivity index (χ0) is 19.6. The van der Waals surface area contributed by atoms with E-state index in [2.05, 4.69) is 15.3 Å². The van der Waals surface area contributed by atoms with Gasteiger partial charge < -0.3 is 15.1 Å². The van der Waals surface area contributed by atoms with E-state index in [0.29, 0.717) is 38.5 Å². The van der Waals surface area contributed by atoms with Gasteiger partial charge in [0.15, 0.2) is 0 Å². The van der Waals surface area contributed by atoms with Crippen molar-refractivity contribution in [1.82, 2.24) is 20.2 Å². The Morgan fingerprint density at radius 1 is 1.33 bits per heavy atom. The van der Waals surface area contributed by atoms with E-state index in [1.165, 1.54) is 11.3 Å². The molecule has 1 saturated heterocycles. The number of aryl methyl sites for hydroxylation is 1. The molecule has 0 unspecified atom stereocenters. The zero-order valence-electron chi connectivity index (χ0n) is 14.4. The Kier molecular flexibility index (Phi) is 5.75. The van der Waals surface area contributed by atoms with Crippen molar-refractivity contribution in [2.45, 2.75) is 19.6 Å².